The van der Waals surface area contributed by atoms with Gasteiger partial charge in [-0.25, -0.2) is 0 Å². The lowest BCUT2D eigenvalue weighted by Gasteiger charge is -2.28. The van der Waals surface area contributed by atoms with E-state index in [1.165, 1.54) is 7.11 Å². The van der Waals surface area contributed by atoms with Gasteiger partial charge in [0.1, 0.15) is 0 Å². The average Bonchev–Trinajstić information content (AvgIpc) is 2.27. The monoisotopic (exact) mass is 228 g/mol. The summed E-state index contributed by atoms with van der Waals surface area (Å²) in [4.78, 5) is 22.4. The summed E-state index contributed by atoms with van der Waals surface area (Å²) in [5, 5.41) is 6.08. The van der Waals surface area contributed by atoms with Crippen molar-refractivity contribution in [2.24, 2.45) is 5.41 Å². The van der Waals surface area contributed by atoms with Crippen LogP contribution in [0.15, 0.2) is 0 Å². The molecule has 0 aromatic rings. The molecule has 16 heavy (non-hydrogen) atoms. The third-order valence-electron chi connectivity index (χ3n) is 2.84. The van der Waals surface area contributed by atoms with E-state index in [2.05, 4.69) is 10.6 Å². The normalized spacial score (nSPS) is 21.4. The molecule has 0 aromatic carbocycles. The van der Waals surface area contributed by atoms with Crippen LogP contribution in [0.25, 0.3) is 0 Å². The molecule has 0 aliphatic carbocycles. The second-order valence-corrected chi connectivity index (χ2v) is 4.80. The number of amides is 1. The Kier molecular flexibility index (Phi) is 4.29. The van der Waals surface area contributed by atoms with Crippen molar-refractivity contribution in [2.75, 3.05) is 20.2 Å². The van der Waals surface area contributed by atoms with E-state index in [4.69, 9.17) is 4.74 Å². The van der Waals surface area contributed by atoms with Crippen molar-refractivity contribution in [3.63, 3.8) is 0 Å². The van der Waals surface area contributed by atoms with Crippen molar-refractivity contribution in [1.29, 1.82) is 0 Å². The Morgan fingerprint density at radius 2 is 2.31 bits per heavy atom. The van der Waals surface area contributed by atoms with Gasteiger partial charge in [-0.2, -0.15) is 0 Å². The van der Waals surface area contributed by atoms with Crippen molar-refractivity contribution in [3.05, 3.63) is 0 Å². The van der Waals surface area contributed by atoms with E-state index in [-0.39, 0.29) is 17.9 Å². The van der Waals surface area contributed by atoms with Gasteiger partial charge >= 0.3 is 5.97 Å². The Morgan fingerprint density at radius 1 is 1.62 bits per heavy atom. The first-order valence-electron chi connectivity index (χ1n) is 5.54. The molecule has 0 aromatic heterocycles. The van der Waals surface area contributed by atoms with Gasteiger partial charge in [-0.15, -0.1) is 0 Å². The van der Waals surface area contributed by atoms with Gasteiger partial charge < -0.3 is 15.4 Å². The van der Waals surface area contributed by atoms with E-state index < -0.39 is 5.41 Å². The quantitative estimate of drug-likeness (QED) is 0.667. The maximum atomic E-state index is 11.4. The van der Waals surface area contributed by atoms with E-state index in [1.807, 2.05) is 13.8 Å². The summed E-state index contributed by atoms with van der Waals surface area (Å²) in [5.41, 5.74) is -0.532. The minimum atomic E-state index is -0.532. The predicted molar refractivity (Wildman–Crippen MR) is 59.8 cm³/mol. The molecule has 1 atom stereocenters. The largest absolute Gasteiger partial charge is 0.469 e. The number of piperidine rings is 1. The molecule has 2 N–H and O–H groups in total. The van der Waals surface area contributed by atoms with E-state index in [9.17, 15) is 9.59 Å². The van der Waals surface area contributed by atoms with E-state index >= 15 is 0 Å². The maximum Gasteiger partial charge on any atom is 0.312 e. The zero-order valence-electron chi connectivity index (χ0n) is 10.1. The fourth-order valence-corrected chi connectivity index (χ4v) is 1.65. The number of rotatable bonds is 4. The summed E-state index contributed by atoms with van der Waals surface area (Å²) in [5.74, 6) is -0.120. The van der Waals surface area contributed by atoms with Gasteiger partial charge in [-0.05, 0) is 20.3 Å². The molecule has 92 valence electrons. The first-order chi connectivity index (χ1) is 7.45. The van der Waals surface area contributed by atoms with Crippen molar-refractivity contribution in [2.45, 2.75) is 32.7 Å². The SMILES string of the molecule is COC(=O)C(C)(C)CNC1CCC(=O)NC1. The molecule has 1 aliphatic rings. The van der Waals surface area contributed by atoms with Crippen molar-refractivity contribution >= 4 is 11.9 Å². The highest BCUT2D eigenvalue weighted by Crippen LogP contribution is 2.16. The van der Waals surface area contributed by atoms with Crippen LogP contribution in [0.1, 0.15) is 26.7 Å². The molecule has 1 fully saturated rings. The van der Waals surface area contributed by atoms with Crippen LogP contribution in [0.5, 0.6) is 0 Å². The third kappa shape index (κ3) is 3.48. The zero-order chi connectivity index (χ0) is 12.2. The number of carbonyl (C=O) groups excluding carboxylic acids is 2. The summed E-state index contributed by atoms with van der Waals surface area (Å²) in [6.45, 7) is 4.87. The van der Waals surface area contributed by atoms with Crippen molar-refractivity contribution < 1.29 is 14.3 Å². The van der Waals surface area contributed by atoms with Crippen LogP contribution in [0, 0.1) is 5.41 Å². The Hall–Kier alpha value is -1.10. The molecule has 0 saturated carbocycles. The topological polar surface area (TPSA) is 67.4 Å². The van der Waals surface area contributed by atoms with E-state index in [0.29, 0.717) is 19.5 Å². The van der Waals surface area contributed by atoms with Gasteiger partial charge in [0.25, 0.3) is 0 Å². The lowest BCUT2D eigenvalue weighted by Crippen LogP contribution is -2.49. The summed E-state index contributed by atoms with van der Waals surface area (Å²) in [6.07, 6.45) is 1.37. The highest BCUT2D eigenvalue weighted by atomic mass is 16.5. The molecule has 1 heterocycles. The second kappa shape index (κ2) is 5.30. The molecule has 0 bridgehead atoms. The molecular weight excluding hydrogens is 208 g/mol. The number of hydrogen-bond acceptors (Lipinski definition) is 4. The number of carbonyl (C=O) groups is 2. The Morgan fingerprint density at radius 3 is 2.81 bits per heavy atom. The Bertz CT molecular complexity index is 266. The lowest BCUT2D eigenvalue weighted by molar-refractivity contribution is -0.150. The molecule has 1 unspecified atom stereocenters. The molecule has 1 aliphatic heterocycles. The number of nitrogens with one attached hydrogen (secondary N) is 2. The van der Waals surface area contributed by atoms with Crippen LogP contribution in [-0.4, -0.2) is 38.1 Å². The first-order valence-corrected chi connectivity index (χ1v) is 5.54. The molecule has 0 spiro atoms. The van der Waals surface area contributed by atoms with Gasteiger partial charge in [0, 0.05) is 25.6 Å². The Labute approximate surface area is 95.9 Å². The Balaban J connectivity index is 2.34. The smallest absolute Gasteiger partial charge is 0.312 e. The average molecular weight is 228 g/mol. The molecule has 1 amide bonds. The summed E-state index contributed by atoms with van der Waals surface area (Å²) >= 11 is 0. The molecular formula is C11H20N2O3. The summed E-state index contributed by atoms with van der Waals surface area (Å²) < 4.78 is 4.72. The number of methoxy groups -OCH3 is 1. The van der Waals surface area contributed by atoms with Gasteiger partial charge in [0.2, 0.25) is 5.91 Å². The molecule has 5 nitrogen and oxygen atoms in total. The number of hydrogen-bond donors (Lipinski definition) is 2. The predicted octanol–water partition coefficient (Wildman–Crippen LogP) is 0.0538. The minimum Gasteiger partial charge on any atom is -0.469 e. The van der Waals surface area contributed by atoms with Crippen LogP contribution in [0.2, 0.25) is 0 Å². The first kappa shape index (κ1) is 13.0. The summed E-state index contributed by atoms with van der Waals surface area (Å²) in [7, 11) is 1.39. The van der Waals surface area contributed by atoms with Gasteiger partial charge in [-0.3, -0.25) is 9.59 Å². The zero-order valence-corrected chi connectivity index (χ0v) is 10.1. The lowest BCUT2D eigenvalue weighted by atomic mass is 9.93. The maximum absolute atomic E-state index is 11.4. The van der Waals surface area contributed by atoms with Crippen LogP contribution in [-0.2, 0) is 14.3 Å². The molecule has 1 saturated heterocycles. The van der Waals surface area contributed by atoms with Crippen LogP contribution in [0.3, 0.4) is 0 Å². The van der Waals surface area contributed by atoms with Crippen LogP contribution in [0.4, 0.5) is 0 Å². The number of esters is 1. The molecule has 5 heteroatoms. The van der Waals surface area contributed by atoms with Crippen LogP contribution < -0.4 is 10.6 Å². The van der Waals surface area contributed by atoms with Crippen LogP contribution >= 0.6 is 0 Å². The van der Waals surface area contributed by atoms with E-state index in [1.54, 1.807) is 0 Å². The fraction of sp³-hybridized carbons (Fsp3) is 0.818. The van der Waals surface area contributed by atoms with Gasteiger partial charge in [-0.1, -0.05) is 0 Å². The highest BCUT2D eigenvalue weighted by Gasteiger charge is 2.29. The second-order valence-electron chi connectivity index (χ2n) is 4.80. The number of ether oxygens (including phenoxy) is 1. The summed E-state index contributed by atoms with van der Waals surface area (Å²) in [6, 6.07) is 0.252. The van der Waals surface area contributed by atoms with E-state index in [0.717, 1.165) is 6.42 Å². The fourth-order valence-electron chi connectivity index (χ4n) is 1.65. The highest BCUT2D eigenvalue weighted by molar-refractivity contribution is 5.77. The standard InChI is InChI=1S/C11H20N2O3/c1-11(2,10(15)16-3)7-13-8-4-5-9(14)12-6-8/h8,13H,4-7H2,1-3H3,(H,12,14). The van der Waals surface area contributed by atoms with Gasteiger partial charge in [0.05, 0.1) is 12.5 Å². The molecule has 1 rings (SSSR count). The molecule has 0 radical (unpaired) electrons. The van der Waals surface area contributed by atoms with Gasteiger partial charge in [0.15, 0.2) is 0 Å². The minimum absolute atomic E-state index is 0.102. The van der Waals surface area contributed by atoms with Crippen molar-refractivity contribution in [1.82, 2.24) is 10.6 Å². The van der Waals surface area contributed by atoms with Crippen molar-refractivity contribution in [3.8, 4) is 0 Å². The third-order valence-corrected chi connectivity index (χ3v) is 2.84.